The molecule has 0 spiro atoms. The number of carbonyl (C=O) groups excluding carboxylic acids is 1. The lowest BCUT2D eigenvalue weighted by atomic mass is 10.3. The Labute approximate surface area is 85.5 Å². The Morgan fingerprint density at radius 1 is 1.43 bits per heavy atom. The van der Waals surface area contributed by atoms with Gasteiger partial charge in [0.15, 0.2) is 0 Å². The Bertz CT molecular complexity index is 97.7. The Hall–Kier alpha value is -0.690. The first-order valence-corrected chi connectivity index (χ1v) is 3.85. The van der Waals surface area contributed by atoms with Gasteiger partial charge < -0.3 is 26.9 Å². The van der Waals surface area contributed by atoms with Crippen molar-refractivity contribution in [1.29, 1.82) is 0 Å². The van der Waals surface area contributed by atoms with Gasteiger partial charge >= 0.3 is 5.97 Å². The lowest BCUT2D eigenvalue weighted by Gasteiger charge is -1.90. The molecule has 0 aromatic carbocycles. The lowest BCUT2D eigenvalue weighted by molar-refractivity contribution is -0.140. The van der Waals surface area contributed by atoms with Crippen LogP contribution in [-0.4, -0.2) is 34.7 Å². The molecular formula is C8H25NO5. The Morgan fingerprint density at radius 3 is 1.71 bits per heavy atom. The average Bonchev–Trinajstić information content (AvgIpc) is 1.89. The predicted molar refractivity (Wildman–Crippen MR) is 55.8 cm³/mol. The number of aliphatic hydroxyl groups excluding tert-OH is 1. The molecule has 0 bridgehead atoms. The van der Waals surface area contributed by atoms with E-state index in [0.29, 0.717) is 6.61 Å². The van der Waals surface area contributed by atoms with Crippen molar-refractivity contribution < 1.29 is 25.6 Å². The van der Waals surface area contributed by atoms with Gasteiger partial charge in [0.05, 0.1) is 12.7 Å². The molecule has 0 radical (unpaired) electrons. The van der Waals surface area contributed by atoms with Crippen molar-refractivity contribution in [3.05, 3.63) is 0 Å². The number of ether oxygens (including phenoxy) is 1. The smallest absolute Gasteiger partial charge is 0.302 e. The van der Waals surface area contributed by atoms with E-state index in [2.05, 4.69) is 4.74 Å². The van der Waals surface area contributed by atoms with Gasteiger partial charge in [0.25, 0.3) is 0 Å². The van der Waals surface area contributed by atoms with Crippen LogP contribution < -0.4 is 6.15 Å². The van der Waals surface area contributed by atoms with E-state index in [1.54, 1.807) is 13.8 Å². The quantitative estimate of drug-likeness (QED) is 0.653. The minimum absolute atomic E-state index is 0. The molecule has 0 fully saturated rings. The number of aliphatic hydroxyl groups is 1. The maximum Gasteiger partial charge on any atom is 0.302 e. The number of hydrogen-bond acceptors (Lipinski definition) is 4. The van der Waals surface area contributed by atoms with E-state index in [0.717, 1.165) is 6.42 Å². The standard InChI is InChI=1S/C4H8O2.C4H10O.H3N.2H2O/c1-3-6-4(2)5;1-3-4(2)5;;;/h3H2,1-2H3;4-5H,3H2,1-2H3;1H3;2*1H2. The Kier molecular flexibility index (Phi) is 47.6. The molecule has 0 aromatic heterocycles. The van der Waals surface area contributed by atoms with Gasteiger partial charge in [-0.25, -0.2) is 0 Å². The first-order chi connectivity index (χ1) is 5.04. The van der Waals surface area contributed by atoms with E-state index in [4.69, 9.17) is 5.11 Å². The third kappa shape index (κ3) is 64.7. The third-order valence-corrected chi connectivity index (χ3v) is 0.938. The molecule has 0 aromatic rings. The van der Waals surface area contributed by atoms with Crippen molar-refractivity contribution in [3.63, 3.8) is 0 Å². The monoisotopic (exact) mass is 215 g/mol. The normalized spacial score (nSPS) is 8.64. The summed E-state index contributed by atoms with van der Waals surface area (Å²) in [7, 11) is 0. The molecule has 6 nitrogen and oxygen atoms in total. The molecule has 0 aliphatic carbocycles. The highest BCUT2D eigenvalue weighted by molar-refractivity contribution is 5.65. The molecule has 0 saturated heterocycles. The maximum absolute atomic E-state index is 9.82. The summed E-state index contributed by atoms with van der Waals surface area (Å²) in [4.78, 5) is 9.82. The Balaban J connectivity index is -0.0000000321. The fourth-order valence-corrected chi connectivity index (χ4v) is 0.203. The van der Waals surface area contributed by atoms with Crippen LogP contribution >= 0.6 is 0 Å². The molecule has 6 heteroatoms. The average molecular weight is 215 g/mol. The predicted octanol–water partition coefficient (Wildman–Crippen LogP) is 0.721. The van der Waals surface area contributed by atoms with E-state index in [9.17, 15) is 4.79 Å². The van der Waals surface area contributed by atoms with Gasteiger partial charge in [-0.2, -0.15) is 0 Å². The summed E-state index contributed by atoms with van der Waals surface area (Å²) in [5.74, 6) is -0.211. The number of esters is 1. The van der Waals surface area contributed by atoms with Crippen LogP contribution in [-0.2, 0) is 9.53 Å². The molecule has 14 heavy (non-hydrogen) atoms. The molecule has 0 rings (SSSR count). The molecule has 1 atom stereocenters. The molecule has 0 aliphatic heterocycles. The van der Waals surface area contributed by atoms with Crippen molar-refractivity contribution >= 4 is 5.97 Å². The van der Waals surface area contributed by atoms with Crippen LogP contribution in [0.4, 0.5) is 0 Å². The molecule has 0 amide bonds. The second-order valence-corrected chi connectivity index (χ2v) is 2.18. The first kappa shape index (κ1) is 29.2. The van der Waals surface area contributed by atoms with E-state index < -0.39 is 0 Å². The highest BCUT2D eigenvalue weighted by atomic mass is 16.5. The molecule has 0 aliphatic rings. The van der Waals surface area contributed by atoms with Gasteiger partial charge in [-0.1, -0.05) is 6.92 Å². The summed E-state index contributed by atoms with van der Waals surface area (Å²) in [6.45, 7) is 7.38. The number of hydrogen-bond donors (Lipinski definition) is 2. The molecule has 8 N–H and O–H groups in total. The molecule has 0 saturated carbocycles. The molecule has 92 valence electrons. The van der Waals surface area contributed by atoms with E-state index in [1.165, 1.54) is 6.92 Å². The zero-order chi connectivity index (χ0) is 9.28. The fourth-order valence-electron chi connectivity index (χ4n) is 0.203. The second kappa shape index (κ2) is 22.8. The van der Waals surface area contributed by atoms with Gasteiger partial charge in [-0.3, -0.25) is 4.79 Å². The van der Waals surface area contributed by atoms with Crippen LogP contribution in [0.25, 0.3) is 0 Å². The zero-order valence-corrected chi connectivity index (χ0v) is 9.70. The van der Waals surface area contributed by atoms with Crippen LogP contribution in [0.5, 0.6) is 0 Å². The van der Waals surface area contributed by atoms with E-state index >= 15 is 0 Å². The van der Waals surface area contributed by atoms with Gasteiger partial charge in [0.1, 0.15) is 0 Å². The lowest BCUT2D eigenvalue weighted by Crippen LogP contribution is -1.95. The van der Waals surface area contributed by atoms with Crippen molar-refractivity contribution in [1.82, 2.24) is 6.15 Å². The van der Waals surface area contributed by atoms with Crippen LogP contribution in [0, 0.1) is 0 Å². The summed E-state index contributed by atoms with van der Waals surface area (Å²) in [5, 5.41) is 8.36. The van der Waals surface area contributed by atoms with Gasteiger partial charge in [-0.15, -0.1) is 0 Å². The molecular weight excluding hydrogens is 190 g/mol. The number of carbonyl (C=O) groups is 1. The van der Waals surface area contributed by atoms with Crippen molar-refractivity contribution in [2.24, 2.45) is 0 Å². The number of rotatable bonds is 2. The van der Waals surface area contributed by atoms with E-state index in [1.807, 2.05) is 6.92 Å². The van der Waals surface area contributed by atoms with E-state index in [-0.39, 0.29) is 29.2 Å². The number of quaternary nitrogens is 1. The zero-order valence-electron chi connectivity index (χ0n) is 9.70. The largest absolute Gasteiger partial charge is 0.870 e. The molecule has 0 heterocycles. The SMILES string of the molecule is CCC(C)O.CCOC(C)=O.O.[NH4+].[OH-]. The first-order valence-electron chi connectivity index (χ1n) is 3.85. The van der Waals surface area contributed by atoms with Crippen LogP contribution in [0.1, 0.15) is 34.1 Å². The maximum atomic E-state index is 9.82. The summed E-state index contributed by atoms with van der Waals surface area (Å²) < 4.78 is 4.40. The van der Waals surface area contributed by atoms with Crippen molar-refractivity contribution in [2.75, 3.05) is 6.61 Å². The summed E-state index contributed by atoms with van der Waals surface area (Å²) >= 11 is 0. The topological polar surface area (TPSA) is 145 Å². The minimum Gasteiger partial charge on any atom is -0.870 e. The van der Waals surface area contributed by atoms with Crippen LogP contribution in [0.2, 0.25) is 0 Å². The van der Waals surface area contributed by atoms with Crippen molar-refractivity contribution in [3.8, 4) is 0 Å². The summed E-state index contributed by atoms with van der Waals surface area (Å²) in [5.41, 5.74) is 0. The Morgan fingerprint density at radius 2 is 1.71 bits per heavy atom. The van der Waals surface area contributed by atoms with Gasteiger partial charge in [-0.05, 0) is 20.3 Å². The second-order valence-electron chi connectivity index (χ2n) is 2.18. The fraction of sp³-hybridized carbons (Fsp3) is 0.875. The van der Waals surface area contributed by atoms with Gasteiger partial charge in [0.2, 0.25) is 0 Å². The summed E-state index contributed by atoms with van der Waals surface area (Å²) in [6.07, 6.45) is 0.745. The minimum atomic E-state index is -0.211. The molecule has 1 unspecified atom stereocenters. The third-order valence-electron chi connectivity index (χ3n) is 0.938. The highest BCUT2D eigenvalue weighted by Crippen LogP contribution is 1.81. The highest BCUT2D eigenvalue weighted by Gasteiger charge is 1.82. The van der Waals surface area contributed by atoms with Crippen LogP contribution in [0.3, 0.4) is 0 Å². The van der Waals surface area contributed by atoms with Crippen molar-refractivity contribution in [2.45, 2.75) is 40.2 Å². The van der Waals surface area contributed by atoms with Gasteiger partial charge in [0, 0.05) is 6.92 Å². The van der Waals surface area contributed by atoms with Crippen LogP contribution in [0.15, 0.2) is 0 Å². The summed E-state index contributed by atoms with van der Waals surface area (Å²) in [6, 6.07) is 0.